The van der Waals surface area contributed by atoms with Gasteiger partial charge in [-0.05, 0) is 54.7 Å². The van der Waals surface area contributed by atoms with E-state index in [9.17, 15) is 4.79 Å². The van der Waals surface area contributed by atoms with E-state index in [0.29, 0.717) is 24.6 Å². The Hall–Kier alpha value is -3.41. The first-order valence-corrected chi connectivity index (χ1v) is 10.6. The van der Waals surface area contributed by atoms with Crippen LogP contribution >= 0.6 is 0 Å². The zero-order valence-electron chi connectivity index (χ0n) is 16.9. The molecule has 0 spiro atoms. The molecule has 0 atom stereocenters. The van der Waals surface area contributed by atoms with Gasteiger partial charge >= 0.3 is 0 Å². The molecule has 1 aromatic heterocycles. The Morgan fingerprint density at radius 3 is 2.47 bits per heavy atom. The number of rotatable bonds is 4. The molecule has 0 radical (unpaired) electrons. The predicted molar refractivity (Wildman–Crippen MR) is 118 cm³/mol. The Morgan fingerprint density at radius 1 is 0.900 bits per heavy atom. The average molecular weight is 399 g/mol. The third-order valence-corrected chi connectivity index (χ3v) is 5.91. The molecule has 6 heteroatoms. The van der Waals surface area contributed by atoms with E-state index in [-0.39, 0.29) is 5.91 Å². The Kier molecular flexibility index (Phi) is 5.05. The quantitative estimate of drug-likeness (QED) is 0.718. The van der Waals surface area contributed by atoms with Crippen LogP contribution in [0.2, 0.25) is 0 Å². The standard InChI is InChI=1S/C24H25N5O/c30-24(29-14-11-18-5-1-2-6-19(18)16-29)22-15-23(26-17-25-22)27-20-7-9-21(10-8-20)28-12-3-4-13-28/h1-2,5-10,15,17H,3-4,11-14,16H2,(H,25,26,27). The van der Waals surface area contributed by atoms with E-state index in [1.165, 1.54) is 36.0 Å². The Labute approximate surface area is 176 Å². The van der Waals surface area contributed by atoms with Gasteiger partial charge in [0.05, 0.1) is 0 Å². The smallest absolute Gasteiger partial charge is 0.272 e. The van der Waals surface area contributed by atoms with Crippen molar-refractivity contribution in [1.29, 1.82) is 0 Å². The maximum absolute atomic E-state index is 13.0. The van der Waals surface area contributed by atoms with Gasteiger partial charge in [-0.15, -0.1) is 0 Å². The first-order valence-electron chi connectivity index (χ1n) is 10.6. The molecule has 0 bridgehead atoms. The van der Waals surface area contributed by atoms with Crippen LogP contribution in [0, 0.1) is 0 Å². The summed E-state index contributed by atoms with van der Waals surface area (Å²) in [5, 5.41) is 3.30. The Morgan fingerprint density at radius 2 is 1.67 bits per heavy atom. The number of nitrogens with one attached hydrogen (secondary N) is 1. The third kappa shape index (κ3) is 3.85. The van der Waals surface area contributed by atoms with Crippen molar-refractivity contribution in [3.8, 4) is 0 Å². The van der Waals surface area contributed by atoms with Crippen LogP contribution in [0.3, 0.4) is 0 Å². The molecule has 1 fully saturated rings. The van der Waals surface area contributed by atoms with Crippen molar-refractivity contribution in [1.82, 2.24) is 14.9 Å². The van der Waals surface area contributed by atoms with Crippen LogP contribution in [0.1, 0.15) is 34.5 Å². The van der Waals surface area contributed by atoms with Crippen molar-refractivity contribution in [2.24, 2.45) is 0 Å². The van der Waals surface area contributed by atoms with Gasteiger partial charge in [0.1, 0.15) is 17.8 Å². The number of anilines is 3. The fourth-order valence-corrected chi connectivity index (χ4v) is 4.25. The SMILES string of the molecule is O=C(c1cc(Nc2ccc(N3CCCC3)cc2)ncn1)N1CCc2ccccc2C1. The van der Waals surface area contributed by atoms with Crippen LogP contribution < -0.4 is 10.2 Å². The van der Waals surface area contributed by atoms with Gasteiger partial charge in [-0.25, -0.2) is 9.97 Å². The molecule has 1 saturated heterocycles. The van der Waals surface area contributed by atoms with Gasteiger partial charge in [-0.3, -0.25) is 4.79 Å². The predicted octanol–water partition coefficient (Wildman–Crippen LogP) is 4.02. The molecular formula is C24H25N5O. The third-order valence-electron chi connectivity index (χ3n) is 5.91. The van der Waals surface area contributed by atoms with Crippen molar-refractivity contribution < 1.29 is 4.79 Å². The molecule has 2 aromatic carbocycles. The molecule has 0 aliphatic carbocycles. The number of amides is 1. The highest BCUT2D eigenvalue weighted by Gasteiger charge is 2.22. The summed E-state index contributed by atoms with van der Waals surface area (Å²) in [5.74, 6) is 0.569. The summed E-state index contributed by atoms with van der Waals surface area (Å²) in [4.78, 5) is 25.8. The topological polar surface area (TPSA) is 61.4 Å². The van der Waals surface area contributed by atoms with Crippen molar-refractivity contribution in [3.63, 3.8) is 0 Å². The minimum Gasteiger partial charge on any atom is -0.372 e. The Bertz CT molecular complexity index is 1040. The number of carbonyl (C=O) groups is 1. The molecule has 3 aromatic rings. The summed E-state index contributed by atoms with van der Waals surface area (Å²) < 4.78 is 0. The summed E-state index contributed by atoms with van der Waals surface area (Å²) in [6, 6.07) is 18.4. The maximum Gasteiger partial charge on any atom is 0.272 e. The molecule has 30 heavy (non-hydrogen) atoms. The highest BCUT2D eigenvalue weighted by molar-refractivity contribution is 5.93. The Balaban J connectivity index is 1.28. The fraction of sp³-hybridized carbons (Fsp3) is 0.292. The first-order chi connectivity index (χ1) is 14.8. The van der Waals surface area contributed by atoms with Gasteiger partial charge in [0.2, 0.25) is 0 Å². The summed E-state index contributed by atoms with van der Waals surface area (Å²) in [6.45, 7) is 3.59. The number of benzene rings is 2. The van der Waals surface area contributed by atoms with Gasteiger partial charge in [0, 0.05) is 43.6 Å². The second kappa shape index (κ2) is 8.14. The zero-order valence-corrected chi connectivity index (χ0v) is 16.9. The van der Waals surface area contributed by atoms with E-state index in [0.717, 1.165) is 25.2 Å². The van der Waals surface area contributed by atoms with Crippen LogP contribution in [0.25, 0.3) is 0 Å². The van der Waals surface area contributed by atoms with E-state index in [2.05, 4.69) is 62.6 Å². The lowest BCUT2D eigenvalue weighted by atomic mass is 10.00. The zero-order chi connectivity index (χ0) is 20.3. The van der Waals surface area contributed by atoms with E-state index in [1.807, 2.05) is 11.0 Å². The second-order valence-corrected chi connectivity index (χ2v) is 7.90. The van der Waals surface area contributed by atoms with E-state index in [4.69, 9.17) is 0 Å². The van der Waals surface area contributed by atoms with Crippen molar-refractivity contribution >= 4 is 23.1 Å². The molecular weight excluding hydrogens is 374 g/mol. The second-order valence-electron chi connectivity index (χ2n) is 7.90. The number of nitrogens with zero attached hydrogens (tertiary/aromatic N) is 4. The van der Waals surface area contributed by atoms with E-state index >= 15 is 0 Å². The molecule has 5 rings (SSSR count). The molecule has 0 saturated carbocycles. The molecule has 0 unspecified atom stereocenters. The normalized spacial score (nSPS) is 15.7. The van der Waals surface area contributed by atoms with Gasteiger partial charge in [0.15, 0.2) is 0 Å². The number of carbonyl (C=O) groups excluding carboxylic acids is 1. The lowest BCUT2D eigenvalue weighted by molar-refractivity contribution is 0.0728. The van der Waals surface area contributed by atoms with Crippen molar-refractivity contribution in [3.05, 3.63) is 77.7 Å². The lowest BCUT2D eigenvalue weighted by Gasteiger charge is -2.28. The van der Waals surface area contributed by atoms with Gasteiger partial charge in [-0.1, -0.05) is 24.3 Å². The molecule has 3 heterocycles. The van der Waals surface area contributed by atoms with Gasteiger partial charge in [0.25, 0.3) is 5.91 Å². The number of hydrogen-bond acceptors (Lipinski definition) is 5. The first kappa shape index (κ1) is 18.6. The van der Waals surface area contributed by atoms with Crippen LogP contribution in [-0.4, -0.2) is 40.4 Å². The highest BCUT2D eigenvalue weighted by atomic mass is 16.2. The van der Waals surface area contributed by atoms with E-state index < -0.39 is 0 Å². The summed E-state index contributed by atoms with van der Waals surface area (Å²) >= 11 is 0. The molecule has 2 aliphatic heterocycles. The molecule has 6 nitrogen and oxygen atoms in total. The summed E-state index contributed by atoms with van der Waals surface area (Å²) in [6.07, 6.45) is 4.86. The largest absolute Gasteiger partial charge is 0.372 e. The van der Waals surface area contributed by atoms with E-state index in [1.54, 1.807) is 6.07 Å². The fourth-order valence-electron chi connectivity index (χ4n) is 4.25. The molecule has 1 amide bonds. The minimum atomic E-state index is -0.0562. The number of fused-ring (bicyclic) bond motifs is 1. The monoisotopic (exact) mass is 399 g/mol. The van der Waals surface area contributed by atoms with Crippen LogP contribution in [0.4, 0.5) is 17.2 Å². The van der Waals surface area contributed by atoms with Gasteiger partial charge in [-0.2, -0.15) is 0 Å². The maximum atomic E-state index is 13.0. The molecule has 152 valence electrons. The summed E-state index contributed by atoms with van der Waals surface area (Å²) in [7, 11) is 0. The highest BCUT2D eigenvalue weighted by Crippen LogP contribution is 2.24. The van der Waals surface area contributed by atoms with Crippen molar-refractivity contribution in [2.45, 2.75) is 25.8 Å². The van der Waals surface area contributed by atoms with Crippen LogP contribution in [-0.2, 0) is 13.0 Å². The number of hydrogen-bond donors (Lipinski definition) is 1. The molecule has 2 aliphatic rings. The van der Waals surface area contributed by atoms with Crippen LogP contribution in [0.15, 0.2) is 60.9 Å². The van der Waals surface area contributed by atoms with Crippen molar-refractivity contribution in [2.75, 3.05) is 29.9 Å². The van der Waals surface area contributed by atoms with Gasteiger partial charge < -0.3 is 15.1 Å². The summed E-state index contributed by atoms with van der Waals surface area (Å²) in [5.41, 5.74) is 5.15. The average Bonchev–Trinajstić information content (AvgIpc) is 3.34. The van der Waals surface area contributed by atoms with Crippen LogP contribution in [0.5, 0.6) is 0 Å². The lowest BCUT2D eigenvalue weighted by Crippen LogP contribution is -2.36. The minimum absolute atomic E-state index is 0.0562. The molecule has 1 N–H and O–H groups in total. The number of aromatic nitrogens is 2.